The highest BCUT2D eigenvalue weighted by Crippen LogP contribution is 2.25. The molecule has 76 valence electrons. The molecule has 0 atom stereocenters. The molecule has 0 aromatic heterocycles. The third-order valence-corrected chi connectivity index (χ3v) is 2.56. The van der Waals surface area contributed by atoms with E-state index in [0.717, 1.165) is 5.56 Å². The van der Waals surface area contributed by atoms with Crippen molar-refractivity contribution >= 4 is 6.21 Å². The highest BCUT2D eigenvalue weighted by Gasteiger charge is 2.10. The zero-order chi connectivity index (χ0) is 10.7. The number of hydrogen-bond donors (Lipinski definition) is 1. The van der Waals surface area contributed by atoms with E-state index < -0.39 is 0 Å². The minimum atomic E-state index is 0.491. The van der Waals surface area contributed by atoms with Crippen LogP contribution < -0.4 is 0 Å². The molecule has 0 bridgehead atoms. The monoisotopic (exact) mass is 189 g/mol. The summed E-state index contributed by atoms with van der Waals surface area (Å²) < 4.78 is 0. The first-order valence-electron chi connectivity index (χ1n) is 5.21. The molecular weight excluding hydrogens is 170 g/mol. The predicted molar refractivity (Wildman–Crippen MR) is 62.5 cm³/mol. The standard InChI is InChI=1S/C13H19N/c1-9(2)11-6-5-7-12(10(3)4)13(11)8-14/h5-10,14H,1-4H3. The minimum absolute atomic E-state index is 0.491. The lowest BCUT2D eigenvalue weighted by Crippen LogP contribution is -2.01. The molecule has 0 saturated carbocycles. The van der Waals surface area contributed by atoms with Crippen molar-refractivity contribution < 1.29 is 0 Å². The smallest absolute Gasteiger partial charge is 0.0256 e. The average Bonchev–Trinajstić information content (AvgIpc) is 2.16. The van der Waals surface area contributed by atoms with E-state index in [2.05, 4.69) is 45.9 Å². The van der Waals surface area contributed by atoms with Crippen LogP contribution in [0.5, 0.6) is 0 Å². The fourth-order valence-corrected chi connectivity index (χ4v) is 1.78. The van der Waals surface area contributed by atoms with Crippen LogP contribution in [0, 0.1) is 5.41 Å². The van der Waals surface area contributed by atoms with Gasteiger partial charge in [-0.05, 0) is 28.5 Å². The molecule has 0 aliphatic carbocycles. The molecule has 1 aromatic rings. The summed E-state index contributed by atoms with van der Waals surface area (Å²) in [6, 6.07) is 6.34. The van der Waals surface area contributed by atoms with Crippen LogP contribution in [0.15, 0.2) is 18.2 Å². The topological polar surface area (TPSA) is 23.9 Å². The third-order valence-electron chi connectivity index (χ3n) is 2.56. The van der Waals surface area contributed by atoms with Crippen LogP contribution in [-0.2, 0) is 0 Å². The van der Waals surface area contributed by atoms with Crippen LogP contribution in [0.3, 0.4) is 0 Å². The van der Waals surface area contributed by atoms with E-state index in [4.69, 9.17) is 5.41 Å². The fraction of sp³-hybridized carbons (Fsp3) is 0.462. The minimum Gasteiger partial charge on any atom is -0.308 e. The Hall–Kier alpha value is -1.11. The second-order valence-electron chi connectivity index (χ2n) is 4.30. The largest absolute Gasteiger partial charge is 0.308 e. The van der Waals surface area contributed by atoms with Crippen LogP contribution in [-0.4, -0.2) is 6.21 Å². The maximum absolute atomic E-state index is 7.49. The summed E-state index contributed by atoms with van der Waals surface area (Å²) in [6.45, 7) is 8.69. The fourth-order valence-electron chi connectivity index (χ4n) is 1.78. The molecule has 1 N–H and O–H groups in total. The van der Waals surface area contributed by atoms with E-state index in [9.17, 15) is 0 Å². The number of rotatable bonds is 3. The van der Waals surface area contributed by atoms with Crippen LogP contribution in [0.1, 0.15) is 56.2 Å². The van der Waals surface area contributed by atoms with Gasteiger partial charge in [-0.1, -0.05) is 45.9 Å². The molecule has 0 fully saturated rings. The second kappa shape index (κ2) is 4.41. The normalized spacial score (nSPS) is 11.0. The molecule has 0 saturated heterocycles. The summed E-state index contributed by atoms with van der Waals surface area (Å²) in [4.78, 5) is 0. The summed E-state index contributed by atoms with van der Waals surface area (Å²) in [5, 5.41) is 7.49. The van der Waals surface area contributed by atoms with Crippen molar-refractivity contribution in [2.24, 2.45) is 0 Å². The SMILES string of the molecule is CC(C)c1cccc(C(C)C)c1C=N. The summed E-state index contributed by atoms with van der Waals surface area (Å²) in [7, 11) is 0. The van der Waals surface area contributed by atoms with E-state index in [-0.39, 0.29) is 0 Å². The Balaban J connectivity index is 3.32. The quantitative estimate of drug-likeness (QED) is 0.697. The van der Waals surface area contributed by atoms with Crippen molar-refractivity contribution in [2.75, 3.05) is 0 Å². The number of hydrogen-bond acceptors (Lipinski definition) is 1. The zero-order valence-corrected chi connectivity index (χ0v) is 9.46. The lowest BCUT2D eigenvalue weighted by Gasteiger charge is -2.15. The van der Waals surface area contributed by atoms with Gasteiger partial charge in [-0.2, -0.15) is 0 Å². The predicted octanol–water partition coefficient (Wildman–Crippen LogP) is 3.93. The molecule has 0 amide bonds. The molecule has 0 aliphatic rings. The van der Waals surface area contributed by atoms with Gasteiger partial charge in [-0.15, -0.1) is 0 Å². The first kappa shape index (κ1) is 11.0. The first-order chi connectivity index (χ1) is 6.57. The average molecular weight is 189 g/mol. The third kappa shape index (κ3) is 2.03. The lowest BCUT2D eigenvalue weighted by atomic mass is 9.89. The summed E-state index contributed by atoms with van der Waals surface area (Å²) in [5.74, 6) is 0.982. The summed E-state index contributed by atoms with van der Waals surface area (Å²) >= 11 is 0. The Bertz CT molecular complexity index is 298. The second-order valence-corrected chi connectivity index (χ2v) is 4.30. The van der Waals surface area contributed by atoms with Crippen LogP contribution in [0.4, 0.5) is 0 Å². The van der Waals surface area contributed by atoms with Gasteiger partial charge < -0.3 is 5.41 Å². The number of nitrogens with one attached hydrogen (secondary N) is 1. The van der Waals surface area contributed by atoms with Gasteiger partial charge >= 0.3 is 0 Å². The molecule has 0 radical (unpaired) electrons. The van der Waals surface area contributed by atoms with Gasteiger partial charge in [0.15, 0.2) is 0 Å². The number of benzene rings is 1. The van der Waals surface area contributed by atoms with Gasteiger partial charge in [-0.3, -0.25) is 0 Å². The first-order valence-corrected chi connectivity index (χ1v) is 5.21. The highest BCUT2D eigenvalue weighted by molar-refractivity contribution is 5.82. The van der Waals surface area contributed by atoms with Gasteiger partial charge in [0.2, 0.25) is 0 Å². The van der Waals surface area contributed by atoms with E-state index in [0.29, 0.717) is 11.8 Å². The van der Waals surface area contributed by atoms with Gasteiger partial charge in [0.1, 0.15) is 0 Å². The van der Waals surface area contributed by atoms with Crippen molar-refractivity contribution in [1.82, 2.24) is 0 Å². The maximum Gasteiger partial charge on any atom is 0.0256 e. The molecule has 0 unspecified atom stereocenters. The Labute approximate surface area is 86.7 Å². The van der Waals surface area contributed by atoms with Gasteiger partial charge in [0, 0.05) is 6.21 Å². The summed E-state index contributed by atoms with van der Waals surface area (Å²) in [6.07, 6.45) is 1.49. The molecule has 0 heterocycles. The van der Waals surface area contributed by atoms with E-state index in [1.807, 2.05) is 0 Å². The molecule has 1 aromatic carbocycles. The zero-order valence-electron chi connectivity index (χ0n) is 9.46. The highest BCUT2D eigenvalue weighted by atomic mass is 14.3. The van der Waals surface area contributed by atoms with Gasteiger partial charge in [0.05, 0.1) is 0 Å². The lowest BCUT2D eigenvalue weighted by molar-refractivity contribution is 0.830. The van der Waals surface area contributed by atoms with Crippen molar-refractivity contribution in [3.05, 3.63) is 34.9 Å². The van der Waals surface area contributed by atoms with E-state index in [1.165, 1.54) is 17.3 Å². The molecule has 1 heteroatoms. The Kier molecular flexibility index (Phi) is 3.45. The summed E-state index contributed by atoms with van der Waals surface area (Å²) in [5.41, 5.74) is 3.68. The molecule has 0 spiro atoms. The van der Waals surface area contributed by atoms with Crippen LogP contribution in [0.25, 0.3) is 0 Å². The Morgan fingerprint density at radius 1 is 1.00 bits per heavy atom. The molecule has 0 aliphatic heterocycles. The van der Waals surface area contributed by atoms with Gasteiger partial charge in [-0.25, -0.2) is 0 Å². The van der Waals surface area contributed by atoms with E-state index in [1.54, 1.807) is 0 Å². The maximum atomic E-state index is 7.49. The van der Waals surface area contributed by atoms with Crippen LogP contribution >= 0.6 is 0 Å². The van der Waals surface area contributed by atoms with Crippen LogP contribution in [0.2, 0.25) is 0 Å². The Morgan fingerprint density at radius 3 is 1.71 bits per heavy atom. The van der Waals surface area contributed by atoms with Crippen molar-refractivity contribution in [3.63, 3.8) is 0 Å². The van der Waals surface area contributed by atoms with Crippen molar-refractivity contribution in [2.45, 2.75) is 39.5 Å². The molecule has 1 rings (SSSR count). The van der Waals surface area contributed by atoms with Crippen molar-refractivity contribution in [1.29, 1.82) is 5.41 Å². The van der Waals surface area contributed by atoms with Gasteiger partial charge in [0.25, 0.3) is 0 Å². The van der Waals surface area contributed by atoms with E-state index >= 15 is 0 Å². The molecular formula is C13H19N. The van der Waals surface area contributed by atoms with Crippen molar-refractivity contribution in [3.8, 4) is 0 Å². The molecule has 14 heavy (non-hydrogen) atoms. The Morgan fingerprint density at radius 2 is 1.43 bits per heavy atom. The molecule has 1 nitrogen and oxygen atoms in total.